The number of benzene rings is 2. The number of aromatic nitrogens is 1. The Morgan fingerprint density at radius 3 is 2.81 bits per heavy atom. The Morgan fingerprint density at radius 2 is 2.04 bits per heavy atom. The molecule has 2 amide bonds. The highest BCUT2D eigenvalue weighted by atomic mass is 16.5. The summed E-state index contributed by atoms with van der Waals surface area (Å²) in [6, 6.07) is 14.6. The van der Waals surface area contributed by atoms with E-state index in [-0.39, 0.29) is 18.2 Å². The summed E-state index contributed by atoms with van der Waals surface area (Å²) in [6.07, 6.45) is 3.72. The molecule has 0 fully saturated rings. The summed E-state index contributed by atoms with van der Waals surface area (Å²) in [6.45, 7) is 0.486. The van der Waals surface area contributed by atoms with Crippen molar-refractivity contribution in [1.29, 1.82) is 0 Å². The highest BCUT2D eigenvalue weighted by molar-refractivity contribution is 6.00. The number of hydrogen-bond donors (Lipinski definition) is 2. The lowest BCUT2D eigenvalue weighted by molar-refractivity contribution is -0.118. The molecule has 3 aromatic rings. The number of methoxy groups -OCH3 is 1. The minimum absolute atomic E-state index is 0.252. The molecule has 0 aliphatic carbocycles. The number of carbonyl (C=O) groups excluding carboxylic acids is 2. The summed E-state index contributed by atoms with van der Waals surface area (Å²) in [5.41, 5.74) is 10.0. The minimum Gasteiger partial charge on any atom is -0.497 e. The Labute approximate surface area is 156 Å². The van der Waals surface area contributed by atoms with Crippen LogP contribution in [-0.2, 0) is 11.3 Å². The Morgan fingerprint density at radius 1 is 1.22 bits per heavy atom. The van der Waals surface area contributed by atoms with E-state index >= 15 is 0 Å². The van der Waals surface area contributed by atoms with Gasteiger partial charge in [-0.05, 0) is 24.3 Å². The first kappa shape index (κ1) is 18.2. The van der Waals surface area contributed by atoms with E-state index in [2.05, 4.69) is 10.5 Å². The molecule has 0 atom stereocenters. The van der Waals surface area contributed by atoms with E-state index in [1.165, 1.54) is 0 Å². The summed E-state index contributed by atoms with van der Waals surface area (Å²) in [5.74, 6) is -0.0830. The molecule has 2 aromatic carbocycles. The van der Waals surface area contributed by atoms with Crippen LogP contribution in [0, 0.1) is 0 Å². The predicted molar refractivity (Wildman–Crippen MR) is 104 cm³/mol. The fourth-order valence-electron chi connectivity index (χ4n) is 2.78. The van der Waals surface area contributed by atoms with Gasteiger partial charge in [0.15, 0.2) is 0 Å². The van der Waals surface area contributed by atoms with Crippen LogP contribution in [0.25, 0.3) is 10.9 Å². The molecule has 7 nitrogen and oxygen atoms in total. The third-order valence-electron chi connectivity index (χ3n) is 4.12. The molecule has 7 heteroatoms. The summed E-state index contributed by atoms with van der Waals surface area (Å²) < 4.78 is 7.07. The number of aryl methyl sites for hydroxylation is 1. The van der Waals surface area contributed by atoms with Crippen LogP contribution in [0.15, 0.2) is 59.8 Å². The Balaban J connectivity index is 1.77. The highest BCUT2D eigenvalue weighted by Gasteiger charge is 2.08. The zero-order chi connectivity index (χ0) is 19.2. The van der Waals surface area contributed by atoms with Crippen LogP contribution in [0.1, 0.15) is 22.3 Å². The number of para-hydroxylation sites is 1. The van der Waals surface area contributed by atoms with Gasteiger partial charge in [-0.25, -0.2) is 5.43 Å². The Kier molecular flexibility index (Phi) is 5.51. The molecule has 0 saturated carbocycles. The van der Waals surface area contributed by atoms with Crippen LogP contribution < -0.4 is 15.9 Å². The molecule has 0 aliphatic heterocycles. The molecule has 0 unspecified atom stereocenters. The molecule has 3 rings (SSSR count). The van der Waals surface area contributed by atoms with Gasteiger partial charge in [0, 0.05) is 41.2 Å². The Bertz CT molecular complexity index is 1010. The van der Waals surface area contributed by atoms with E-state index in [0.29, 0.717) is 17.9 Å². The molecular weight excluding hydrogens is 344 g/mol. The van der Waals surface area contributed by atoms with Crippen LogP contribution >= 0.6 is 0 Å². The fraction of sp³-hybridized carbons (Fsp3) is 0.150. The maximum Gasteiger partial charge on any atom is 0.271 e. The molecule has 0 aliphatic rings. The summed E-state index contributed by atoms with van der Waals surface area (Å²) in [5, 5.41) is 5.04. The second-order valence-electron chi connectivity index (χ2n) is 5.94. The van der Waals surface area contributed by atoms with Crippen LogP contribution in [0.3, 0.4) is 0 Å². The van der Waals surface area contributed by atoms with Gasteiger partial charge in [0.1, 0.15) is 5.75 Å². The second kappa shape index (κ2) is 8.18. The SMILES string of the molecule is COc1cccc(C(=O)N/N=C\c2cn(CCC(N)=O)c3ccccc23)c1. The van der Waals surface area contributed by atoms with E-state index in [9.17, 15) is 9.59 Å². The first-order chi connectivity index (χ1) is 13.1. The zero-order valence-electron chi connectivity index (χ0n) is 14.9. The number of hydrazone groups is 1. The van der Waals surface area contributed by atoms with E-state index < -0.39 is 0 Å². The van der Waals surface area contributed by atoms with Crippen LogP contribution in [0.5, 0.6) is 5.75 Å². The fourth-order valence-corrected chi connectivity index (χ4v) is 2.78. The van der Waals surface area contributed by atoms with E-state index in [1.54, 1.807) is 37.6 Å². The monoisotopic (exact) mass is 364 g/mol. The second-order valence-corrected chi connectivity index (χ2v) is 5.94. The number of primary amides is 1. The summed E-state index contributed by atoms with van der Waals surface area (Å²) >= 11 is 0. The van der Waals surface area contributed by atoms with Crippen molar-refractivity contribution < 1.29 is 14.3 Å². The van der Waals surface area contributed by atoms with Gasteiger partial charge < -0.3 is 15.0 Å². The largest absolute Gasteiger partial charge is 0.497 e. The van der Waals surface area contributed by atoms with Crippen molar-refractivity contribution >= 4 is 28.9 Å². The molecule has 1 heterocycles. The number of nitrogens with zero attached hydrogens (tertiary/aromatic N) is 2. The zero-order valence-corrected chi connectivity index (χ0v) is 14.9. The van der Waals surface area contributed by atoms with Crippen molar-refractivity contribution in [2.24, 2.45) is 10.8 Å². The number of nitrogens with two attached hydrogens (primary N) is 1. The first-order valence-electron chi connectivity index (χ1n) is 8.42. The summed E-state index contributed by atoms with van der Waals surface area (Å²) in [7, 11) is 1.54. The molecule has 3 N–H and O–H groups in total. The number of carbonyl (C=O) groups is 2. The summed E-state index contributed by atoms with van der Waals surface area (Å²) in [4.78, 5) is 23.3. The molecule has 0 bridgehead atoms. The smallest absolute Gasteiger partial charge is 0.271 e. The number of rotatable bonds is 7. The van der Waals surface area contributed by atoms with E-state index in [1.807, 2.05) is 35.0 Å². The normalized spacial score (nSPS) is 11.0. The number of fused-ring (bicyclic) bond motifs is 1. The molecule has 0 saturated heterocycles. The maximum absolute atomic E-state index is 12.2. The number of amides is 2. The van der Waals surface area contributed by atoms with Crippen molar-refractivity contribution in [3.63, 3.8) is 0 Å². The van der Waals surface area contributed by atoms with Gasteiger partial charge in [-0.2, -0.15) is 5.10 Å². The van der Waals surface area contributed by atoms with Crippen molar-refractivity contribution in [3.05, 3.63) is 65.9 Å². The number of hydrogen-bond acceptors (Lipinski definition) is 4. The number of nitrogens with one attached hydrogen (secondary N) is 1. The topological polar surface area (TPSA) is 98.7 Å². The first-order valence-corrected chi connectivity index (χ1v) is 8.42. The average Bonchev–Trinajstić information content (AvgIpc) is 3.04. The Hall–Kier alpha value is -3.61. The molecule has 138 valence electrons. The van der Waals surface area contributed by atoms with Crippen LogP contribution in [0.4, 0.5) is 0 Å². The molecule has 27 heavy (non-hydrogen) atoms. The van der Waals surface area contributed by atoms with Crippen molar-refractivity contribution in [2.45, 2.75) is 13.0 Å². The lowest BCUT2D eigenvalue weighted by Gasteiger charge is -2.02. The maximum atomic E-state index is 12.2. The van der Waals surface area contributed by atoms with Gasteiger partial charge in [0.2, 0.25) is 5.91 Å². The highest BCUT2D eigenvalue weighted by Crippen LogP contribution is 2.20. The lowest BCUT2D eigenvalue weighted by Crippen LogP contribution is -2.17. The quantitative estimate of drug-likeness (QED) is 0.497. The minimum atomic E-state index is -0.353. The lowest BCUT2D eigenvalue weighted by atomic mass is 10.2. The van der Waals surface area contributed by atoms with Crippen molar-refractivity contribution in [3.8, 4) is 5.75 Å². The van der Waals surface area contributed by atoms with E-state index in [4.69, 9.17) is 10.5 Å². The van der Waals surface area contributed by atoms with Crippen LogP contribution in [-0.4, -0.2) is 29.7 Å². The van der Waals surface area contributed by atoms with Gasteiger partial charge in [-0.15, -0.1) is 0 Å². The van der Waals surface area contributed by atoms with Crippen molar-refractivity contribution in [1.82, 2.24) is 9.99 Å². The van der Waals surface area contributed by atoms with Gasteiger partial charge in [-0.1, -0.05) is 24.3 Å². The van der Waals surface area contributed by atoms with Gasteiger partial charge >= 0.3 is 0 Å². The standard InChI is InChI=1S/C20H20N4O3/c1-27-16-6-4-5-14(11-16)20(26)23-22-12-15-13-24(10-9-19(21)25)18-8-3-2-7-17(15)18/h2-8,11-13H,9-10H2,1H3,(H2,21,25)(H,23,26)/b22-12-. The molecular formula is C20H20N4O3. The third kappa shape index (κ3) is 4.33. The molecule has 0 radical (unpaired) electrons. The van der Waals surface area contributed by atoms with Gasteiger partial charge in [0.25, 0.3) is 5.91 Å². The van der Waals surface area contributed by atoms with Crippen molar-refractivity contribution in [2.75, 3.05) is 7.11 Å². The van der Waals surface area contributed by atoms with Gasteiger partial charge in [0.05, 0.1) is 13.3 Å². The third-order valence-corrected chi connectivity index (χ3v) is 4.12. The molecule has 0 spiro atoms. The van der Waals surface area contributed by atoms with E-state index in [0.717, 1.165) is 16.5 Å². The van der Waals surface area contributed by atoms with Crippen LogP contribution in [0.2, 0.25) is 0 Å². The van der Waals surface area contributed by atoms with Gasteiger partial charge in [-0.3, -0.25) is 9.59 Å². The molecule has 1 aromatic heterocycles. The predicted octanol–water partition coefficient (Wildman–Crippen LogP) is 2.29. The number of ether oxygens (including phenoxy) is 1. The average molecular weight is 364 g/mol.